The second-order valence-electron chi connectivity index (χ2n) is 4.94. The van der Waals surface area contributed by atoms with Crippen LogP contribution in [0.3, 0.4) is 0 Å². The first kappa shape index (κ1) is 15.4. The number of hydrogen-bond donors (Lipinski definition) is 0. The molecule has 5 nitrogen and oxygen atoms in total. The average Bonchev–Trinajstić information content (AvgIpc) is 2.60. The number of imide groups is 1. The molecule has 0 bridgehead atoms. The molecule has 23 heavy (non-hydrogen) atoms. The molecule has 0 unspecified atom stereocenters. The van der Waals surface area contributed by atoms with Crippen LogP contribution in [0.5, 0.6) is 11.5 Å². The molecule has 6 heteroatoms. The van der Waals surface area contributed by atoms with E-state index in [9.17, 15) is 9.59 Å². The summed E-state index contributed by atoms with van der Waals surface area (Å²) in [6.45, 7) is 0.218. The van der Waals surface area contributed by atoms with Gasteiger partial charge >= 0.3 is 0 Å². The van der Waals surface area contributed by atoms with E-state index in [0.29, 0.717) is 17.1 Å². The molecule has 0 N–H and O–H groups in total. The van der Waals surface area contributed by atoms with Crippen molar-refractivity contribution in [1.29, 1.82) is 0 Å². The molecule has 3 rings (SSSR count). The summed E-state index contributed by atoms with van der Waals surface area (Å²) in [5.74, 6) is 0.839. The monoisotopic (exact) mass is 329 g/mol. The number of ether oxygens (including phenoxy) is 2. The van der Waals surface area contributed by atoms with Crippen LogP contribution in [-0.2, 0) is 6.54 Å². The molecule has 2 aromatic rings. The number of carbonyl (C=O) groups excluding carboxylic acids is 2. The number of carbonyl (C=O) groups is 2. The minimum absolute atomic E-state index is 0.218. The molecule has 0 fully saturated rings. The summed E-state index contributed by atoms with van der Waals surface area (Å²) < 4.78 is 10.5. The van der Waals surface area contributed by atoms with E-state index < -0.39 is 0 Å². The van der Waals surface area contributed by atoms with Gasteiger partial charge in [-0.05, 0) is 41.6 Å². The van der Waals surface area contributed by atoms with E-state index in [4.69, 9.17) is 9.47 Å². The Labute approximate surface area is 138 Å². The Bertz CT molecular complexity index is 761. The van der Waals surface area contributed by atoms with Crippen molar-refractivity contribution in [1.82, 2.24) is 4.90 Å². The van der Waals surface area contributed by atoms with Gasteiger partial charge in [-0.25, -0.2) is 0 Å². The van der Waals surface area contributed by atoms with Crippen molar-refractivity contribution >= 4 is 22.9 Å². The van der Waals surface area contributed by atoms with Crippen LogP contribution in [-0.4, -0.2) is 30.3 Å². The van der Waals surface area contributed by atoms with Crippen LogP contribution in [0.15, 0.2) is 47.4 Å². The van der Waals surface area contributed by atoms with E-state index in [-0.39, 0.29) is 17.7 Å². The minimum atomic E-state index is -0.302. The lowest BCUT2D eigenvalue weighted by atomic mass is 10.1. The maximum atomic E-state index is 12.5. The Morgan fingerprint density at radius 3 is 2.39 bits per heavy atom. The molecule has 118 valence electrons. The Kier molecular flexibility index (Phi) is 4.25. The van der Waals surface area contributed by atoms with E-state index in [1.807, 2.05) is 6.07 Å². The Morgan fingerprint density at radius 1 is 1.09 bits per heavy atom. The fourth-order valence-electron chi connectivity index (χ4n) is 2.40. The summed E-state index contributed by atoms with van der Waals surface area (Å²) in [7, 11) is 3.10. The smallest absolute Gasteiger partial charge is 0.293 e. The number of thioether (sulfide) groups is 1. The van der Waals surface area contributed by atoms with Crippen LogP contribution < -0.4 is 9.47 Å². The number of fused-ring (bicyclic) bond motifs is 1. The van der Waals surface area contributed by atoms with Crippen LogP contribution >= 0.6 is 11.8 Å². The molecule has 1 aliphatic heterocycles. The third kappa shape index (κ3) is 2.90. The molecule has 0 aliphatic carbocycles. The average molecular weight is 329 g/mol. The third-order valence-corrected chi connectivity index (χ3v) is 4.57. The fourth-order valence-corrected chi connectivity index (χ4v) is 3.26. The highest BCUT2D eigenvalue weighted by Gasteiger charge is 2.30. The second-order valence-corrected chi connectivity index (χ2v) is 5.93. The molecule has 0 saturated carbocycles. The fraction of sp³-hybridized carbons (Fsp3) is 0.176. The highest BCUT2D eigenvalue weighted by Crippen LogP contribution is 2.40. The first-order valence-electron chi connectivity index (χ1n) is 6.97. The van der Waals surface area contributed by atoms with Gasteiger partial charge in [0, 0.05) is 10.5 Å². The lowest BCUT2D eigenvalue weighted by molar-refractivity contribution is 0.0809. The Hall–Kier alpha value is -2.47. The molecule has 0 atom stereocenters. The quantitative estimate of drug-likeness (QED) is 0.861. The maximum absolute atomic E-state index is 12.5. The summed E-state index contributed by atoms with van der Waals surface area (Å²) >= 11 is 1.02. The zero-order valence-corrected chi connectivity index (χ0v) is 13.6. The molecular formula is C17H15NO4S. The van der Waals surface area contributed by atoms with Gasteiger partial charge in [0.1, 0.15) is 0 Å². The number of methoxy groups -OCH3 is 2. The van der Waals surface area contributed by atoms with Crippen LogP contribution in [0.1, 0.15) is 15.9 Å². The van der Waals surface area contributed by atoms with Gasteiger partial charge in [0.15, 0.2) is 11.5 Å². The van der Waals surface area contributed by atoms with Gasteiger partial charge < -0.3 is 9.47 Å². The van der Waals surface area contributed by atoms with Crippen molar-refractivity contribution in [2.75, 3.05) is 14.2 Å². The molecule has 2 aromatic carbocycles. The molecule has 0 radical (unpaired) electrons. The lowest BCUT2D eigenvalue weighted by Crippen LogP contribution is -2.36. The number of amides is 2. The second kappa shape index (κ2) is 6.34. The van der Waals surface area contributed by atoms with E-state index in [2.05, 4.69) is 0 Å². The van der Waals surface area contributed by atoms with Gasteiger partial charge in [-0.2, -0.15) is 0 Å². The van der Waals surface area contributed by atoms with E-state index in [0.717, 1.165) is 22.2 Å². The van der Waals surface area contributed by atoms with Gasteiger partial charge in [0.2, 0.25) is 0 Å². The molecule has 2 amide bonds. The summed E-state index contributed by atoms with van der Waals surface area (Å²) in [6.07, 6.45) is 0. The van der Waals surface area contributed by atoms with Crippen molar-refractivity contribution in [2.24, 2.45) is 0 Å². The van der Waals surface area contributed by atoms with Crippen molar-refractivity contribution < 1.29 is 19.1 Å². The summed E-state index contributed by atoms with van der Waals surface area (Å²) in [5.41, 5.74) is 1.35. The summed E-state index contributed by atoms with van der Waals surface area (Å²) in [6, 6.07) is 12.3. The zero-order chi connectivity index (χ0) is 16.4. The van der Waals surface area contributed by atoms with Crippen molar-refractivity contribution in [3.05, 3.63) is 53.6 Å². The first-order valence-corrected chi connectivity index (χ1v) is 7.79. The number of rotatable bonds is 3. The van der Waals surface area contributed by atoms with Crippen molar-refractivity contribution in [3.8, 4) is 11.5 Å². The third-order valence-electron chi connectivity index (χ3n) is 3.58. The van der Waals surface area contributed by atoms with Crippen molar-refractivity contribution in [3.63, 3.8) is 0 Å². The van der Waals surface area contributed by atoms with E-state index >= 15 is 0 Å². The summed E-state index contributed by atoms with van der Waals surface area (Å²) in [5, 5.41) is -0.293. The standard InChI is InChI=1S/C17H15NO4S/c1-21-13-8-12-10-18(16(19)11-6-4-3-5-7-11)17(20)23-15(12)9-14(13)22-2/h3-9H,10H2,1-2H3. The molecule has 1 aliphatic rings. The summed E-state index contributed by atoms with van der Waals surface area (Å²) in [4.78, 5) is 26.9. The topological polar surface area (TPSA) is 55.8 Å². The number of benzene rings is 2. The minimum Gasteiger partial charge on any atom is -0.493 e. The van der Waals surface area contributed by atoms with Crippen LogP contribution in [0.2, 0.25) is 0 Å². The molecule has 0 saturated heterocycles. The molecule has 0 spiro atoms. The normalized spacial score (nSPS) is 13.5. The Morgan fingerprint density at radius 2 is 1.74 bits per heavy atom. The maximum Gasteiger partial charge on any atom is 0.293 e. The van der Waals surface area contributed by atoms with Crippen LogP contribution in [0, 0.1) is 0 Å². The zero-order valence-electron chi connectivity index (χ0n) is 12.7. The van der Waals surface area contributed by atoms with E-state index in [1.54, 1.807) is 50.6 Å². The van der Waals surface area contributed by atoms with Gasteiger partial charge in [0.05, 0.1) is 20.8 Å². The van der Waals surface area contributed by atoms with Crippen LogP contribution in [0.25, 0.3) is 0 Å². The molecule has 1 heterocycles. The lowest BCUT2D eigenvalue weighted by Gasteiger charge is -2.27. The number of nitrogens with zero attached hydrogens (tertiary/aromatic N) is 1. The predicted molar refractivity (Wildman–Crippen MR) is 87.1 cm³/mol. The highest BCUT2D eigenvalue weighted by molar-refractivity contribution is 8.13. The van der Waals surface area contributed by atoms with Crippen LogP contribution in [0.4, 0.5) is 4.79 Å². The van der Waals surface area contributed by atoms with Gasteiger partial charge in [-0.15, -0.1) is 0 Å². The largest absolute Gasteiger partial charge is 0.493 e. The first-order chi connectivity index (χ1) is 11.1. The predicted octanol–water partition coefficient (Wildman–Crippen LogP) is 3.57. The SMILES string of the molecule is COc1cc2c(cc1OC)SC(=O)N(C(=O)c1ccccc1)C2. The molecule has 0 aromatic heterocycles. The van der Waals surface area contributed by atoms with Crippen molar-refractivity contribution in [2.45, 2.75) is 11.4 Å². The highest BCUT2D eigenvalue weighted by atomic mass is 32.2. The number of hydrogen-bond acceptors (Lipinski definition) is 5. The Balaban J connectivity index is 1.94. The van der Waals surface area contributed by atoms with Gasteiger partial charge in [-0.3, -0.25) is 14.5 Å². The van der Waals surface area contributed by atoms with Gasteiger partial charge in [0.25, 0.3) is 11.1 Å². The van der Waals surface area contributed by atoms with Gasteiger partial charge in [-0.1, -0.05) is 18.2 Å². The van der Waals surface area contributed by atoms with E-state index in [1.165, 1.54) is 4.90 Å². The molecular weight excluding hydrogens is 314 g/mol.